The van der Waals surface area contributed by atoms with Gasteiger partial charge in [-0.3, -0.25) is 9.69 Å². The molecule has 0 aliphatic carbocycles. The molecule has 2 aromatic rings. The summed E-state index contributed by atoms with van der Waals surface area (Å²) in [6.07, 6.45) is 5.52. The van der Waals surface area contributed by atoms with Crippen molar-refractivity contribution < 1.29 is 23.4 Å². The molecular formula is C22H30N2O5. The highest BCUT2D eigenvalue weighted by Crippen LogP contribution is 2.38. The van der Waals surface area contributed by atoms with Gasteiger partial charge in [0.15, 0.2) is 11.5 Å². The van der Waals surface area contributed by atoms with Crippen LogP contribution in [0.3, 0.4) is 0 Å². The van der Waals surface area contributed by atoms with Crippen molar-refractivity contribution in [2.24, 2.45) is 0 Å². The van der Waals surface area contributed by atoms with Crippen LogP contribution < -0.4 is 19.5 Å². The molecule has 2 heterocycles. The molecule has 158 valence electrons. The first-order valence-corrected chi connectivity index (χ1v) is 9.99. The Hall–Kier alpha value is -2.67. The van der Waals surface area contributed by atoms with Gasteiger partial charge in [-0.25, -0.2) is 0 Å². The van der Waals surface area contributed by atoms with Gasteiger partial charge in [0.2, 0.25) is 11.7 Å². The molecular weight excluding hydrogens is 372 g/mol. The maximum atomic E-state index is 12.6. The van der Waals surface area contributed by atoms with Crippen LogP contribution >= 0.6 is 0 Å². The summed E-state index contributed by atoms with van der Waals surface area (Å²) in [4.78, 5) is 15.0. The largest absolute Gasteiger partial charge is 0.493 e. The number of carbonyl (C=O) groups excluding carboxylic acids is 1. The lowest BCUT2D eigenvalue weighted by molar-refractivity contribution is -0.120. The average Bonchev–Trinajstić information content (AvgIpc) is 3.28. The Kier molecular flexibility index (Phi) is 7.41. The molecule has 7 nitrogen and oxygen atoms in total. The number of hydrogen-bond acceptors (Lipinski definition) is 6. The summed E-state index contributed by atoms with van der Waals surface area (Å²) in [5, 5.41) is 3.07. The van der Waals surface area contributed by atoms with Crippen LogP contribution in [0.5, 0.6) is 17.2 Å². The number of nitrogens with zero attached hydrogens (tertiary/aromatic N) is 1. The lowest BCUT2D eigenvalue weighted by Crippen LogP contribution is -2.40. The first-order valence-electron chi connectivity index (χ1n) is 9.99. The Labute approximate surface area is 171 Å². The summed E-state index contributed by atoms with van der Waals surface area (Å²) in [7, 11) is 4.68. The number of carbonyl (C=O) groups is 1. The minimum absolute atomic E-state index is 0.0502. The van der Waals surface area contributed by atoms with Crippen molar-refractivity contribution in [1.29, 1.82) is 0 Å². The first kappa shape index (κ1) is 21.0. The zero-order valence-corrected chi connectivity index (χ0v) is 17.4. The van der Waals surface area contributed by atoms with Crippen LogP contribution in [0.4, 0.5) is 0 Å². The van der Waals surface area contributed by atoms with E-state index in [1.807, 2.05) is 12.1 Å². The molecule has 1 aliphatic rings. The number of methoxy groups -OCH3 is 3. The van der Waals surface area contributed by atoms with Crippen LogP contribution in [0, 0.1) is 0 Å². The van der Waals surface area contributed by atoms with Gasteiger partial charge in [0.1, 0.15) is 5.76 Å². The van der Waals surface area contributed by atoms with Gasteiger partial charge in [0.25, 0.3) is 0 Å². The fraction of sp³-hybridized carbons (Fsp3) is 0.500. The second-order valence-electron chi connectivity index (χ2n) is 7.14. The van der Waals surface area contributed by atoms with E-state index in [-0.39, 0.29) is 18.4 Å². The number of furan rings is 1. The predicted molar refractivity (Wildman–Crippen MR) is 110 cm³/mol. The van der Waals surface area contributed by atoms with Crippen molar-refractivity contribution in [3.05, 3.63) is 41.9 Å². The standard InChI is InChI=1S/C22H30N2O5/c1-26-19-12-16(13-20(27-2)22(19)28-3)14-21(25)23-15-17(18-8-7-11-29-18)24-9-5-4-6-10-24/h7-8,11-13,17H,4-6,9-10,14-15H2,1-3H3,(H,23,25)/t17-/m0/s1. The van der Waals surface area contributed by atoms with Crippen molar-refractivity contribution in [2.45, 2.75) is 31.7 Å². The van der Waals surface area contributed by atoms with Gasteiger partial charge >= 0.3 is 0 Å². The van der Waals surface area contributed by atoms with Crippen LogP contribution in [-0.4, -0.2) is 51.8 Å². The Balaban J connectivity index is 1.66. The molecule has 1 N–H and O–H groups in total. The number of nitrogens with one attached hydrogen (secondary N) is 1. The third kappa shape index (κ3) is 5.23. The van der Waals surface area contributed by atoms with Crippen molar-refractivity contribution in [1.82, 2.24) is 10.2 Å². The molecule has 0 radical (unpaired) electrons. The fourth-order valence-corrected chi connectivity index (χ4v) is 3.82. The molecule has 0 spiro atoms. The summed E-state index contributed by atoms with van der Waals surface area (Å²) < 4.78 is 21.7. The summed E-state index contributed by atoms with van der Waals surface area (Å²) in [5.41, 5.74) is 0.796. The second kappa shape index (κ2) is 10.2. The quantitative estimate of drug-likeness (QED) is 0.694. The number of likely N-dealkylation sites (tertiary alicyclic amines) is 1. The van der Waals surface area contributed by atoms with Crippen LogP contribution in [0.15, 0.2) is 34.9 Å². The van der Waals surface area contributed by atoms with Crippen molar-refractivity contribution in [2.75, 3.05) is 41.0 Å². The fourth-order valence-electron chi connectivity index (χ4n) is 3.82. The Morgan fingerprint density at radius 3 is 2.34 bits per heavy atom. The maximum absolute atomic E-state index is 12.6. The van der Waals surface area contributed by atoms with Crippen LogP contribution in [0.2, 0.25) is 0 Å². The van der Waals surface area contributed by atoms with Gasteiger partial charge in [0.05, 0.1) is 40.1 Å². The average molecular weight is 402 g/mol. The molecule has 0 saturated carbocycles. The number of hydrogen-bond donors (Lipinski definition) is 1. The third-order valence-corrected chi connectivity index (χ3v) is 5.28. The van der Waals surface area contributed by atoms with E-state index in [0.29, 0.717) is 23.8 Å². The lowest BCUT2D eigenvalue weighted by atomic mass is 10.1. The van der Waals surface area contributed by atoms with E-state index < -0.39 is 0 Å². The normalized spacial score (nSPS) is 15.6. The van der Waals surface area contributed by atoms with Gasteiger partial charge in [-0.15, -0.1) is 0 Å². The van der Waals surface area contributed by atoms with E-state index in [2.05, 4.69) is 10.2 Å². The van der Waals surface area contributed by atoms with E-state index in [1.165, 1.54) is 19.3 Å². The summed E-state index contributed by atoms with van der Waals surface area (Å²) in [6.45, 7) is 2.55. The summed E-state index contributed by atoms with van der Waals surface area (Å²) >= 11 is 0. The SMILES string of the molecule is COc1cc(CC(=O)NC[C@@H](c2ccco2)N2CCCCC2)cc(OC)c1OC. The lowest BCUT2D eigenvalue weighted by Gasteiger charge is -2.33. The Morgan fingerprint density at radius 2 is 1.79 bits per heavy atom. The van der Waals surface area contributed by atoms with Gasteiger partial charge in [-0.05, 0) is 55.8 Å². The highest BCUT2D eigenvalue weighted by molar-refractivity contribution is 5.79. The molecule has 0 bridgehead atoms. The van der Waals surface area contributed by atoms with Crippen LogP contribution in [0.25, 0.3) is 0 Å². The number of rotatable bonds is 9. The smallest absolute Gasteiger partial charge is 0.224 e. The highest BCUT2D eigenvalue weighted by Gasteiger charge is 2.25. The molecule has 1 amide bonds. The van der Waals surface area contributed by atoms with Crippen molar-refractivity contribution in [3.63, 3.8) is 0 Å². The Morgan fingerprint density at radius 1 is 1.10 bits per heavy atom. The van der Waals surface area contributed by atoms with E-state index in [1.54, 1.807) is 39.7 Å². The zero-order valence-electron chi connectivity index (χ0n) is 17.4. The monoisotopic (exact) mass is 402 g/mol. The number of amides is 1. The molecule has 29 heavy (non-hydrogen) atoms. The first-order chi connectivity index (χ1) is 14.2. The predicted octanol–water partition coefficient (Wildman–Crippen LogP) is 3.19. The molecule has 1 saturated heterocycles. The van der Waals surface area contributed by atoms with Gasteiger partial charge in [0, 0.05) is 6.54 Å². The van der Waals surface area contributed by atoms with Crippen LogP contribution in [0.1, 0.15) is 36.6 Å². The van der Waals surface area contributed by atoms with Gasteiger partial charge < -0.3 is 23.9 Å². The zero-order chi connectivity index (χ0) is 20.6. The maximum Gasteiger partial charge on any atom is 0.224 e. The molecule has 3 rings (SSSR count). The second-order valence-corrected chi connectivity index (χ2v) is 7.14. The molecule has 1 fully saturated rings. The number of ether oxygens (including phenoxy) is 3. The van der Waals surface area contributed by atoms with E-state index in [4.69, 9.17) is 18.6 Å². The summed E-state index contributed by atoms with van der Waals surface area (Å²) in [5.74, 6) is 2.42. The topological polar surface area (TPSA) is 73.2 Å². The van der Waals surface area contributed by atoms with E-state index in [0.717, 1.165) is 24.4 Å². The highest BCUT2D eigenvalue weighted by atomic mass is 16.5. The van der Waals surface area contributed by atoms with Gasteiger partial charge in [-0.2, -0.15) is 0 Å². The number of benzene rings is 1. The van der Waals surface area contributed by atoms with E-state index >= 15 is 0 Å². The van der Waals surface area contributed by atoms with E-state index in [9.17, 15) is 4.79 Å². The molecule has 1 aromatic carbocycles. The minimum Gasteiger partial charge on any atom is -0.493 e. The molecule has 1 aliphatic heterocycles. The van der Waals surface area contributed by atoms with Crippen molar-refractivity contribution in [3.8, 4) is 17.2 Å². The third-order valence-electron chi connectivity index (χ3n) is 5.28. The number of piperidine rings is 1. The van der Waals surface area contributed by atoms with Crippen molar-refractivity contribution >= 4 is 5.91 Å². The Bertz CT molecular complexity index is 760. The molecule has 1 aromatic heterocycles. The minimum atomic E-state index is -0.0622. The van der Waals surface area contributed by atoms with Crippen LogP contribution in [-0.2, 0) is 11.2 Å². The summed E-state index contributed by atoms with van der Waals surface area (Å²) in [6, 6.07) is 7.52. The molecule has 1 atom stereocenters. The molecule has 7 heteroatoms. The molecule has 0 unspecified atom stereocenters. The van der Waals surface area contributed by atoms with Gasteiger partial charge in [-0.1, -0.05) is 6.42 Å².